The number of benzene rings is 2. The molecule has 2 aromatic carbocycles. The second-order valence-corrected chi connectivity index (χ2v) is 22.4. The van der Waals surface area contributed by atoms with E-state index in [1.165, 1.54) is 19.4 Å². The first-order chi connectivity index (χ1) is 39.7. The fraction of sp³-hybridized carbons (Fsp3) is 0.453. The summed E-state index contributed by atoms with van der Waals surface area (Å²) in [6.07, 6.45) is 4.19. The summed E-state index contributed by atoms with van der Waals surface area (Å²) < 4.78 is 0. The summed E-state index contributed by atoms with van der Waals surface area (Å²) in [5, 5.41) is 31.5. The number of amides is 11. The fourth-order valence-corrected chi connectivity index (χ4v) is 11.4. The standard InChI is InChI=1S/C53H70N16O12S2/c1-3-4-14-36-51(80)69(53(81)68-36)28(2)44(73)67-41-26-83-82-25-40(43(54)72)66-48(77)38(21-30-23-59-33-15-9-8-13-32(30)33)64-45(74)34(16-10-19-58-52(55)56)61-47(76)37(20-29-11-6-5-7-12-29)63-49(78)39(22-31-24-57-27-60-31)65-46(75)35(62-50(41)79)17-18-42(70)71/h5-9,11-13,15,23-24,27-28,34-41,59H,3-4,10,14,16-22,25-26H2,1-2H3,(H2,54,72)(H,57,60)(H,61,76)(H,62,79)(H,63,78)(H,64,74)(H,65,75)(H,66,77)(H,67,73)(H,68,81)(H,70,71)(H4,55,56,58)/t28-,34-,35-,36-,37+,38-,39-,40-,41-/m0/s1. The number of nitrogens with two attached hydrogens (primary N) is 3. The Morgan fingerprint density at radius 3 is 1.94 bits per heavy atom. The van der Waals surface area contributed by atoms with E-state index in [1.807, 2.05) is 13.0 Å². The fourth-order valence-electron chi connectivity index (χ4n) is 9.10. The number of nitrogens with zero attached hydrogens (tertiary/aromatic N) is 3. The number of aliphatic carboxylic acids is 1. The molecule has 30 heteroatoms. The lowest BCUT2D eigenvalue weighted by Crippen LogP contribution is -2.61. The zero-order valence-corrected chi connectivity index (χ0v) is 47.3. The van der Waals surface area contributed by atoms with Gasteiger partial charge in [0.05, 0.1) is 6.33 Å². The number of hydrogen-bond donors (Lipinski definition) is 14. The van der Waals surface area contributed by atoms with Gasteiger partial charge in [-0.2, -0.15) is 0 Å². The van der Waals surface area contributed by atoms with Gasteiger partial charge in [0.2, 0.25) is 47.3 Å². The lowest BCUT2D eigenvalue weighted by molar-refractivity contribution is -0.139. The number of fused-ring (bicyclic) bond motifs is 1. The van der Waals surface area contributed by atoms with Gasteiger partial charge in [0.1, 0.15) is 54.4 Å². The van der Waals surface area contributed by atoms with Gasteiger partial charge < -0.3 is 74.8 Å². The van der Waals surface area contributed by atoms with E-state index < -0.39 is 132 Å². The molecule has 17 N–H and O–H groups in total. The molecular weight excluding hydrogens is 1120 g/mol. The second kappa shape index (κ2) is 31.0. The number of carboxylic acid groups (broad SMARTS) is 1. The molecule has 6 rings (SSSR count). The first-order valence-corrected chi connectivity index (χ1v) is 29.3. The average Bonchev–Trinajstić information content (AvgIpc) is 4.23. The zero-order valence-electron chi connectivity index (χ0n) is 45.6. The molecule has 28 nitrogen and oxygen atoms in total. The van der Waals surface area contributed by atoms with Crippen molar-refractivity contribution in [3.05, 3.63) is 90.1 Å². The molecule has 2 saturated heterocycles. The van der Waals surface area contributed by atoms with Gasteiger partial charge >= 0.3 is 12.0 Å². The summed E-state index contributed by atoms with van der Waals surface area (Å²) in [4.78, 5) is 168. The van der Waals surface area contributed by atoms with Crippen molar-refractivity contribution < 1.29 is 57.8 Å². The number of aromatic nitrogens is 3. The SMILES string of the molecule is CCCC[C@@H]1NC(=O)N([C@@H](C)C(=O)N[C@H]2CSSC[C@@H](C(N)=O)NC(=O)[C@H](Cc3c[nH]c4ccccc34)NC(=O)[C@H](CCCN=C(N)N)NC(=O)[C@@H](Cc3ccccc3)NC(=O)[C@H](Cc3cnc[nH]3)NC(=O)[C@H](CCC(=O)O)NC2=O)C1=O. The van der Waals surface area contributed by atoms with Gasteiger partial charge in [-0.25, -0.2) is 9.78 Å². The number of carbonyl (C=O) groups excluding carboxylic acids is 10. The second-order valence-electron chi connectivity index (χ2n) is 19.8. The normalized spacial score (nSPS) is 23.1. The molecule has 9 atom stereocenters. The van der Waals surface area contributed by atoms with Crippen LogP contribution in [0.3, 0.4) is 0 Å². The van der Waals surface area contributed by atoms with Crippen LogP contribution < -0.4 is 59.7 Å². The van der Waals surface area contributed by atoms with Crippen molar-refractivity contribution in [3.8, 4) is 0 Å². The minimum Gasteiger partial charge on any atom is -0.481 e. The van der Waals surface area contributed by atoms with Crippen molar-refractivity contribution in [2.45, 2.75) is 132 Å². The van der Waals surface area contributed by atoms with Gasteiger partial charge in [-0.1, -0.05) is 89.9 Å². The third kappa shape index (κ3) is 18.7. The Morgan fingerprint density at radius 2 is 1.29 bits per heavy atom. The molecule has 2 aliphatic heterocycles. The van der Waals surface area contributed by atoms with E-state index in [2.05, 4.69) is 62.5 Å². The lowest BCUT2D eigenvalue weighted by Gasteiger charge is -2.28. The van der Waals surface area contributed by atoms with E-state index in [0.29, 0.717) is 40.6 Å². The van der Waals surface area contributed by atoms with E-state index in [9.17, 15) is 57.8 Å². The molecule has 446 valence electrons. The summed E-state index contributed by atoms with van der Waals surface area (Å²) in [5.41, 5.74) is 19.2. The van der Waals surface area contributed by atoms with Crippen molar-refractivity contribution in [2.75, 3.05) is 18.1 Å². The summed E-state index contributed by atoms with van der Waals surface area (Å²) in [6.45, 7) is 3.20. The van der Waals surface area contributed by atoms with Gasteiger partial charge in [-0.05, 0) is 49.8 Å². The highest BCUT2D eigenvalue weighted by Gasteiger charge is 2.43. The van der Waals surface area contributed by atoms with Crippen molar-refractivity contribution in [1.29, 1.82) is 0 Å². The maximum absolute atomic E-state index is 14.8. The highest BCUT2D eigenvalue weighted by atomic mass is 33.1. The number of guanidine groups is 1. The molecule has 2 fully saturated rings. The number of rotatable bonds is 20. The molecule has 4 heterocycles. The van der Waals surface area contributed by atoms with E-state index in [4.69, 9.17) is 17.2 Å². The maximum Gasteiger partial charge on any atom is 0.325 e. The summed E-state index contributed by atoms with van der Waals surface area (Å²) in [5.74, 6) is -10.4. The number of aliphatic imine (C=N–C) groups is 1. The number of imide groups is 1. The molecule has 2 aromatic heterocycles. The first kappa shape index (κ1) is 63.5. The quantitative estimate of drug-likeness (QED) is 0.0159. The maximum atomic E-state index is 14.8. The number of imidazole rings is 1. The minimum atomic E-state index is -1.70. The number of nitrogens with one attached hydrogen (secondary N) is 10. The number of carboxylic acids is 1. The third-order valence-corrected chi connectivity index (χ3v) is 16.1. The van der Waals surface area contributed by atoms with Crippen LogP contribution in [0.25, 0.3) is 10.9 Å². The molecule has 11 amide bonds. The van der Waals surface area contributed by atoms with Gasteiger partial charge in [-0.15, -0.1) is 0 Å². The number of H-pyrrole nitrogens is 2. The van der Waals surface area contributed by atoms with Crippen molar-refractivity contribution in [3.63, 3.8) is 0 Å². The predicted octanol–water partition coefficient (Wildman–Crippen LogP) is -1.39. The Hall–Kier alpha value is -8.67. The molecule has 0 bridgehead atoms. The topological polar surface area (TPSA) is 442 Å². The van der Waals surface area contributed by atoms with Crippen LogP contribution in [0.15, 0.2) is 78.3 Å². The number of hydrogen-bond acceptors (Lipinski definition) is 15. The Bertz CT molecular complexity index is 3000. The Balaban J connectivity index is 1.40. The van der Waals surface area contributed by atoms with Crippen molar-refractivity contribution in [2.24, 2.45) is 22.2 Å². The third-order valence-electron chi connectivity index (χ3n) is 13.6. The number of para-hydroxylation sites is 1. The van der Waals surface area contributed by atoms with E-state index in [0.717, 1.165) is 32.9 Å². The van der Waals surface area contributed by atoms with E-state index in [1.54, 1.807) is 54.7 Å². The molecule has 0 saturated carbocycles. The number of urea groups is 1. The smallest absolute Gasteiger partial charge is 0.325 e. The Kier molecular flexibility index (Phi) is 23.7. The molecule has 83 heavy (non-hydrogen) atoms. The molecular formula is C53H70N16O12S2. The van der Waals surface area contributed by atoms with Crippen molar-refractivity contribution in [1.82, 2.24) is 62.4 Å². The van der Waals surface area contributed by atoms with E-state index >= 15 is 0 Å². The summed E-state index contributed by atoms with van der Waals surface area (Å²) in [7, 11) is 1.84. The molecule has 0 radical (unpaired) electrons. The van der Waals surface area contributed by atoms with E-state index in [-0.39, 0.29) is 56.1 Å². The summed E-state index contributed by atoms with van der Waals surface area (Å²) >= 11 is 0. The van der Waals surface area contributed by atoms with Crippen molar-refractivity contribution >= 4 is 104 Å². The number of primary amides is 1. The lowest BCUT2D eigenvalue weighted by atomic mass is 10.0. The number of aromatic amines is 2. The largest absolute Gasteiger partial charge is 0.481 e. The molecule has 2 aliphatic rings. The Morgan fingerprint density at radius 1 is 0.699 bits per heavy atom. The van der Waals surface area contributed by atoms with Crippen LogP contribution in [0.2, 0.25) is 0 Å². The highest BCUT2D eigenvalue weighted by molar-refractivity contribution is 8.76. The monoisotopic (exact) mass is 1190 g/mol. The van der Waals surface area contributed by atoms with Crippen LogP contribution in [0.5, 0.6) is 0 Å². The average molecular weight is 1190 g/mol. The van der Waals surface area contributed by atoms with Gasteiger partial charge in [0.15, 0.2) is 5.96 Å². The van der Waals surface area contributed by atoms with Gasteiger partial charge in [0.25, 0.3) is 5.91 Å². The zero-order chi connectivity index (χ0) is 60.2. The van der Waals surface area contributed by atoms with Crippen LogP contribution >= 0.6 is 21.6 Å². The molecule has 0 aliphatic carbocycles. The van der Waals surface area contributed by atoms with Gasteiger partial charge in [0, 0.05) is 72.7 Å². The number of unbranched alkanes of at least 4 members (excludes halogenated alkanes) is 1. The van der Waals surface area contributed by atoms with Crippen LogP contribution in [0.1, 0.15) is 75.6 Å². The molecule has 0 spiro atoms. The minimum absolute atomic E-state index is 0.0223. The predicted molar refractivity (Wildman–Crippen MR) is 307 cm³/mol. The van der Waals surface area contributed by atoms with Crippen LogP contribution in [0, 0.1) is 0 Å². The highest BCUT2D eigenvalue weighted by Crippen LogP contribution is 2.25. The molecule has 4 aromatic rings. The van der Waals surface area contributed by atoms with Crippen LogP contribution in [0.4, 0.5) is 4.79 Å². The van der Waals surface area contributed by atoms with Crippen LogP contribution in [-0.2, 0) is 67.2 Å². The molecule has 0 unspecified atom stereocenters. The first-order valence-electron chi connectivity index (χ1n) is 26.9. The Labute approximate surface area is 484 Å². The number of carbonyl (C=O) groups is 11. The van der Waals surface area contributed by atoms with Gasteiger partial charge in [-0.3, -0.25) is 57.8 Å². The van der Waals surface area contributed by atoms with Crippen LogP contribution in [-0.4, -0.2) is 169 Å². The summed E-state index contributed by atoms with van der Waals surface area (Å²) in [6, 6.07) is 1.89.